The second-order valence-electron chi connectivity index (χ2n) is 8.25. The van der Waals surface area contributed by atoms with E-state index in [0.29, 0.717) is 12.1 Å². The molecule has 3 rings (SSSR count). The summed E-state index contributed by atoms with van der Waals surface area (Å²) in [7, 11) is 0. The lowest BCUT2D eigenvalue weighted by molar-refractivity contribution is 0.167. The first kappa shape index (κ1) is 21.3. The number of rotatable bonds is 8. The molecule has 28 heavy (non-hydrogen) atoms. The third-order valence-electron chi connectivity index (χ3n) is 5.77. The van der Waals surface area contributed by atoms with Gasteiger partial charge in [-0.3, -0.25) is 9.45 Å². The number of nitrogens with one attached hydrogen (secondary N) is 1. The van der Waals surface area contributed by atoms with Crippen LogP contribution in [0.25, 0.3) is 11.0 Å². The summed E-state index contributed by atoms with van der Waals surface area (Å²) in [6, 6.07) is 0.919. The van der Waals surface area contributed by atoms with E-state index in [1.165, 1.54) is 0 Å². The summed E-state index contributed by atoms with van der Waals surface area (Å²) in [5, 5.41) is 5.44. The third-order valence-corrected chi connectivity index (χ3v) is 6.34. The van der Waals surface area contributed by atoms with Crippen LogP contribution in [0.3, 0.4) is 0 Å². The van der Waals surface area contributed by atoms with E-state index in [0.717, 1.165) is 61.9 Å². The van der Waals surface area contributed by atoms with Crippen molar-refractivity contribution in [1.82, 2.24) is 29.4 Å². The second-order valence-corrected chi connectivity index (χ2v) is 8.95. The van der Waals surface area contributed by atoms with E-state index in [1.807, 2.05) is 4.68 Å². The van der Waals surface area contributed by atoms with E-state index in [2.05, 4.69) is 52.4 Å². The quantitative estimate of drug-likeness (QED) is 0.652. The fourth-order valence-electron chi connectivity index (χ4n) is 4.47. The van der Waals surface area contributed by atoms with E-state index < -0.39 is 16.8 Å². The first-order valence-corrected chi connectivity index (χ1v) is 11.3. The maximum absolute atomic E-state index is 11.6. The van der Waals surface area contributed by atoms with Gasteiger partial charge in [0.25, 0.3) is 0 Å². The lowest BCUT2D eigenvalue weighted by Crippen LogP contribution is -2.45. The Kier molecular flexibility index (Phi) is 6.80. The maximum atomic E-state index is 11.6. The average molecular weight is 409 g/mol. The number of hydrogen-bond acceptors (Lipinski definition) is 5. The highest BCUT2D eigenvalue weighted by atomic mass is 32.2. The molecule has 8 nitrogen and oxygen atoms in total. The van der Waals surface area contributed by atoms with Crippen LogP contribution in [0, 0.1) is 0 Å². The molecule has 1 saturated carbocycles. The van der Waals surface area contributed by atoms with Crippen molar-refractivity contribution in [2.75, 3.05) is 6.54 Å². The first-order chi connectivity index (χ1) is 13.3. The SMILES string of the molecule is CC(C)N(CCn1ncc2c(C3(NS(=O)O)CCCCC3)ncnc21)C(C)C. The van der Waals surface area contributed by atoms with Crippen LogP contribution in [0.5, 0.6) is 0 Å². The molecule has 0 spiro atoms. The van der Waals surface area contributed by atoms with E-state index in [-0.39, 0.29) is 0 Å². The molecule has 2 heterocycles. The van der Waals surface area contributed by atoms with Gasteiger partial charge in [0.2, 0.25) is 11.3 Å². The van der Waals surface area contributed by atoms with Crippen molar-refractivity contribution in [2.24, 2.45) is 0 Å². The van der Waals surface area contributed by atoms with Crippen LogP contribution in [-0.2, 0) is 23.4 Å². The molecule has 0 bridgehead atoms. The van der Waals surface area contributed by atoms with Crippen LogP contribution in [0.4, 0.5) is 0 Å². The predicted molar refractivity (Wildman–Crippen MR) is 111 cm³/mol. The Morgan fingerprint density at radius 2 is 1.89 bits per heavy atom. The number of nitrogens with zero attached hydrogens (tertiary/aromatic N) is 5. The Morgan fingerprint density at radius 3 is 2.50 bits per heavy atom. The topological polar surface area (TPSA) is 96.2 Å². The standard InChI is InChI=1S/C19H32N6O2S/c1-14(2)24(15(3)4)10-11-25-18-16(12-22-25)17(20-13-21-18)19(23-28(26)27)8-6-5-7-9-19/h12-15,23H,5-11H2,1-4H3,(H,26,27). The van der Waals surface area contributed by atoms with Crippen molar-refractivity contribution in [1.29, 1.82) is 0 Å². The smallest absolute Gasteiger partial charge is 0.232 e. The minimum Gasteiger partial charge on any atom is -0.297 e. The van der Waals surface area contributed by atoms with Crippen molar-refractivity contribution in [3.05, 3.63) is 18.2 Å². The lowest BCUT2D eigenvalue weighted by atomic mass is 9.79. The minimum atomic E-state index is -2.10. The van der Waals surface area contributed by atoms with Gasteiger partial charge in [0.1, 0.15) is 6.33 Å². The zero-order valence-corrected chi connectivity index (χ0v) is 18.1. The molecule has 1 aliphatic carbocycles. The van der Waals surface area contributed by atoms with E-state index in [1.54, 1.807) is 12.5 Å². The summed E-state index contributed by atoms with van der Waals surface area (Å²) < 4.78 is 26.0. The molecule has 0 amide bonds. The molecule has 1 fully saturated rings. The Bertz CT molecular complexity index is 808. The molecule has 156 valence electrons. The fraction of sp³-hybridized carbons (Fsp3) is 0.737. The zero-order chi connectivity index (χ0) is 20.3. The summed E-state index contributed by atoms with van der Waals surface area (Å²) in [5.41, 5.74) is 0.970. The van der Waals surface area contributed by atoms with Crippen LogP contribution in [0.2, 0.25) is 0 Å². The van der Waals surface area contributed by atoms with E-state index >= 15 is 0 Å². The summed E-state index contributed by atoms with van der Waals surface area (Å²) in [6.45, 7) is 10.4. The molecule has 9 heteroatoms. The summed E-state index contributed by atoms with van der Waals surface area (Å²) >= 11 is -2.10. The van der Waals surface area contributed by atoms with Crippen LogP contribution in [0.15, 0.2) is 12.5 Å². The highest BCUT2D eigenvalue weighted by Crippen LogP contribution is 2.38. The van der Waals surface area contributed by atoms with Gasteiger partial charge < -0.3 is 0 Å². The monoisotopic (exact) mass is 408 g/mol. The van der Waals surface area contributed by atoms with Crippen molar-refractivity contribution < 1.29 is 8.76 Å². The maximum Gasteiger partial charge on any atom is 0.232 e. The second kappa shape index (κ2) is 8.94. The Morgan fingerprint density at radius 1 is 1.21 bits per heavy atom. The third kappa shape index (κ3) is 4.42. The average Bonchev–Trinajstić information content (AvgIpc) is 3.04. The van der Waals surface area contributed by atoms with E-state index in [4.69, 9.17) is 0 Å². The van der Waals surface area contributed by atoms with Gasteiger partial charge in [0.05, 0.1) is 29.4 Å². The number of aromatic nitrogens is 4. The fourth-order valence-corrected chi connectivity index (χ4v) is 5.11. The molecule has 2 aromatic heterocycles. The predicted octanol–water partition coefficient (Wildman–Crippen LogP) is 2.83. The Labute approximate surface area is 169 Å². The van der Waals surface area contributed by atoms with Gasteiger partial charge in [0.15, 0.2) is 5.65 Å². The van der Waals surface area contributed by atoms with Crippen molar-refractivity contribution in [3.63, 3.8) is 0 Å². The van der Waals surface area contributed by atoms with Gasteiger partial charge in [-0.15, -0.1) is 0 Å². The molecule has 0 aromatic carbocycles. The van der Waals surface area contributed by atoms with Crippen molar-refractivity contribution in [3.8, 4) is 0 Å². The van der Waals surface area contributed by atoms with Gasteiger partial charge in [0, 0.05) is 18.6 Å². The summed E-state index contributed by atoms with van der Waals surface area (Å²) in [6.07, 6.45) is 8.06. The first-order valence-electron chi connectivity index (χ1n) is 10.2. The molecular formula is C19H32N6O2S. The summed E-state index contributed by atoms with van der Waals surface area (Å²) in [5.74, 6) is 0. The van der Waals surface area contributed by atoms with Crippen LogP contribution < -0.4 is 4.72 Å². The lowest BCUT2D eigenvalue weighted by Gasteiger charge is -2.36. The zero-order valence-electron chi connectivity index (χ0n) is 17.3. The van der Waals surface area contributed by atoms with Gasteiger partial charge in [-0.1, -0.05) is 19.3 Å². The normalized spacial score (nSPS) is 18.4. The van der Waals surface area contributed by atoms with Gasteiger partial charge >= 0.3 is 0 Å². The highest BCUT2D eigenvalue weighted by Gasteiger charge is 2.38. The van der Waals surface area contributed by atoms with Gasteiger partial charge in [-0.25, -0.2) is 23.6 Å². The van der Waals surface area contributed by atoms with Crippen LogP contribution >= 0.6 is 0 Å². The molecule has 2 aromatic rings. The molecular weight excluding hydrogens is 376 g/mol. The Hall–Kier alpha value is -1.42. The minimum absolute atomic E-state index is 0.459. The number of hydrogen-bond donors (Lipinski definition) is 2. The molecule has 1 aliphatic rings. The van der Waals surface area contributed by atoms with E-state index in [9.17, 15) is 8.76 Å². The number of fused-ring (bicyclic) bond motifs is 1. The molecule has 1 atom stereocenters. The van der Waals surface area contributed by atoms with Gasteiger partial charge in [-0.05, 0) is 40.5 Å². The Balaban J connectivity index is 1.93. The van der Waals surface area contributed by atoms with Crippen LogP contribution in [0.1, 0.15) is 65.5 Å². The van der Waals surface area contributed by atoms with Crippen molar-refractivity contribution in [2.45, 2.75) is 84.0 Å². The van der Waals surface area contributed by atoms with Crippen molar-refractivity contribution >= 4 is 22.3 Å². The molecule has 0 saturated heterocycles. The molecule has 1 unspecified atom stereocenters. The van der Waals surface area contributed by atoms with Gasteiger partial charge in [-0.2, -0.15) is 5.10 Å². The largest absolute Gasteiger partial charge is 0.297 e. The molecule has 0 radical (unpaired) electrons. The summed E-state index contributed by atoms with van der Waals surface area (Å²) in [4.78, 5) is 11.4. The van der Waals surface area contributed by atoms with Crippen LogP contribution in [-0.4, -0.2) is 52.0 Å². The molecule has 2 N–H and O–H groups in total. The highest BCUT2D eigenvalue weighted by molar-refractivity contribution is 7.77. The molecule has 0 aliphatic heterocycles.